The smallest absolute Gasteiger partial charge is 0.269 e. The summed E-state index contributed by atoms with van der Waals surface area (Å²) >= 11 is 5.40. The minimum absolute atomic E-state index is 0.116. The number of aromatic amines is 1. The highest BCUT2D eigenvalue weighted by Gasteiger charge is 2.19. The monoisotopic (exact) mass is 396 g/mol. The Labute approximate surface area is 167 Å². The van der Waals surface area contributed by atoms with Crippen molar-refractivity contribution in [1.82, 2.24) is 19.7 Å². The number of non-ortho nitro benzene ring substituents is 1. The molecule has 0 amide bonds. The van der Waals surface area contributed by atoms with Crippen molar-refractivity contribution >= 4 is 23.6 Å². The fraction of sp³-hybridized carbons (Fsp3) is 0.263. The van der Waals surface area contributed by atoms with Gasteiger partial charge >= 0.3 is 0 Å². The molecule has 3 aromatic rings. The van der Waals surface area contributed by atoms with Gasteiger partial charge < -0.3 is 4.90 Å². The standard InChI is InChI=1S/C19H20N6O2S/c26-25(27)17-8-6-16(7-9-17)23-12-10-22(11-13-23)14-24-19(28)20-18(21-24)15-4-2-1-3-5-15/h1-9H,10-14H2,(H,20,21,28). The van der Waals surface area contributed by atoms with Crippen molar-refractivity contribution in [3.8, 4) is 11.4 Å². The van der Waals surface area contributed by atoms with Gasteiger partial charge in [-0.15, -0.1) is 0 Å². The average Bonchev–Trinajstić information content (AvgIpc) is 3.10. The van der Waals surface area contributed by atoms with E-state index in [0.29, 0.717) is 11.4 Å². The molecule has 1 aromatic heterocycles. The van der Waals surface area contributed by atoms with Crippen molar-refractivity contribution in [3.63, 3.8) is 0 Å². The number of benzene rings is 2. The Kier molecular flexibility index (Phi) is 5.18. The van der Waals surface area contributed by atoms with Crippen LogP contribution in [0.3, 0.4) is 0 Å². The van der Waals surface area contributed by atoms with E-state index in [1.54, 1.807) is 12.1 Å². The van der Waals surface area contributed by atoms with Crippen LogP contribution in [0.15, 0.2) is 54.6 Å². The van der Waals surface area contributed by atoms with Gasteiger partial charge in [-0.05, 0) is 24.4 Å². The van der Waals surface area contributed by atoms with Crippen molar-refractivity contribution in [3.05, 3.63) is 69.5 Å². The number of H-pyrrole nitrogens is 1. The molecular weight excluding hydrogens is 376 g/mol. The second-order valence-corrected chi connectivity index (χ2v) is 7.03. The van der Waals surface area contributed by atoms with Crippen LogP contribution < -0.4 is 4.90 Å². The van der Waals surface area contributed by atoms with E-state index in [1.165, 1.54) is 0 Å². The van der Waals surface area contributed by atoms with Crippen LogP contribution in [0.5, 0.6) is 0 Å². The Morgan fingerprint density at radius 1 is 1.04 bits per heavy atom. The quantitative estimate of drug-likeness (QED) is 0.405. The van der Waals surface area contributed by atoms with Crippen LogP contribution in [0.25, 0.3) is 11.4 Å². The Morgan fingerprint density at radius 2 is 1.71 bits per heavy atom. The van der Waals surface area contributed by atoms with Crippen molar-refractivity contribution in [2.24, 2.45) is 0 Å². The molecule has 144 valence electrons. The average molecular weight is 396 g/mol. The molecule has 1 N–H and O–H groups in total. The number of piperazine rings is 1. The fourth-order valence-electron chi connectivity index (χ4n) is 3.31. The van der Waals surface area contributed by atoms with Gasteiger partial charge in [0.25, 0.3) is 5.69 Å². The molecule has 9 heteroatoms. The van der Waals surface area contributed by atoms with Crippen LogP contribution in [0.4, 0.5) is 11.4 Å². The third kappa shape index (κ3) is 3.95. The van der Waals surface area contributed by atoms with E-state index in [9.17, 15) is 10.1 Å². The Hall–Kier alpha value is -3.04. The van der Waals surface area contributed by atoms with Gasteiger partial charge in [0.15, 0.2) is 5.82 Å². The van der Waals surface area contributed by atoms with E-state index in [-0.39, 0.29) is 10.6 Å². The lowest BCUT2D eigenvalue weighted by Crippen LogP contribution is -2.46. The molecule has 1 aliphatic heterocycles. The van der Waals surface area contributed by atoms with Gasteiger partial charge in [-0.3, -0.25) is 20.1 Å². The zero-order valence-corrected chi connectivity index (χ0v) is 16.0. The van der Waals surface area contributed by atoms with Crippen molar-refractivity contribution in [2.45, 2.75) is 6.67 Å². The van der Waals surface area contributed by atoms with Gasteiger partial charge in [0.1, 0.15) is 0 Å². The topological polar surface area (TPSA) is 83.2 Å². The van der Waals surface area contributed by atoms with E-state index >= 15 is 0 Å². The fourth-order valence-corrected chi connectivity index (χ4v) is 3.50. The molecular formula is C19H20N6O2S. The molecule has 2 heterocycles. The van der Waals surface area contributed by atoms with E-state index in [2.05, 4.69) is 19.9 Å². The number of aromatic nitrogens is 3. The number of nitrogens with one attached hydrogen (secondary N) is 1. The van der Waals surface area contributed by atoms with E-state index in [0.717, 1.165) is 43.3 Å². The largest absolute Gasteiger partial charge is 0.369 e. The second-order valence-electron chi connectivity index (χ2n) is 6.67. The predicted molar refractivity (Wildman–Crippen MR) is 110 cm³/mol. The molecule has 2 aromatic carbocycles. The molecule has 28 heavy (non-hydrogen) atoms. The summed E-state index contributed by atoms with van der Waals surface area (Å²) < 4.78 is 2.43. The van der Waals surface area contributed by atoms with Crippen molar-refractivity contribution in [1.29, 1.82) is 0 Å². The van der Waals surface area contributed by atoms with Gasteiger partial charge in [0.05, 0.1) is 11.6 Å². The Morgan fingerprint density at radius 3 is 2.36 bits per heavy atom. The summed E-state index contributed by atoms with van der Waals surface area (Å²) in [6, 6.07) is 16.6. The van der Waals surface area contributed by atoms with Crippen LogP contribution in [0.2, 0.25) is 0 Å². The number of hydrogen-bond acceptors (Lipinski definition) is 6. The maximum atomic E-state index is 10.8. The first-order valence-electron chi connectivity index (χ1n) is 9.04. The normalized spacial score (nSPS) is 14.9. The van der Waals surface area contributed by atoms with Gasteiger partial charge in [-0.2, -0.15) is 4.98 Å². The van der Waals surface area contributed by atoms with E-state index < -0.39 is 0 Å². The molecule has 0 unspecified atom stereocenters. The molecule has 0 atom stereocenters. The van der Waals surface area contributed by atoms with Gasteiger partial charge in [0.2, 0.25) is 4.77 Å². The maximum absolute atomic E-state index is 10.8. The van der Waals surface area contributed by atoms with Crippen LogP contribution in [-0.2, 0) is 6.67 Å². The number of rotatable bonds is 5. The number of nitro benzene ring substituents is 1. The minimum atomic E-state index is -0.376. The van der Waals surface area contributed by atoms with Crippen LogP contribution in [0.1, 0.15) is 0 Å². The van der Waals surface area contributed by atoms with Gasteiger partial charge in [-0.1, -0.05) is 30.3 Å². The number of nitro groups is 1. The summed E-state index contributed by atoms with van der Waals surface area (Å²) in [6.45, 7) is 4.11. The summed E-state index contributed by atoms with van der Waals surface area (Å²) in [6.07, 6.45) is 0. The van der Waals surface area contributed by atoms with Crippen molar-refractivity contribution in [2.75, 3.05) is 31.1 Å². The maximum Gasteiger partial charge on any atom is 0.269 e. The number of anilines is 1. The zero-order valence-electron chi connectivity index (χ0n) is 15.2. The summed E-state index contributed by atoms with van der Waals surface area (Å²) in [7, 11) is 0. The first-order chi connectivity index (χ1) is 13.6. The number of nitrogens with zero attached hydrogens (tertiary/aromatic N) is 5. The van der Waals surface area contributed by atoms with Crippen LogP contribution in [0, 0.1) is 14.9 Å². The third-order valence-corrected chi connectivity index (χ3v) is 5.18. The van der Waals surface area contributed by atoms with Crippen LogP contribution in [-0.4, -0.2) is 50.8 Å². The molecule has 0 saturated carbocycles. The molecule has 8 nitrogen and oxygen atoms in total. The van der Waals surface area contributed by atoms with E-state index in [1.807, 2.05) is 47.1 Å². The summed E-state index contributed by atoms with van der Waals surface area (Å²) in [4.78, 5) is 19.4. The summed E-state index contributed by atoms with van der Waals surface area (Å²) in [5.41, 5.74) is 2.13. The lowest BCUT2D eigenvalue weighted by molar-refractivity contribution is -0.384. The third-order valence-electron chi connectivity index (χ3n) is 4.87. The minimum Gasteiger partial charge on any atom is -0.369 e. The molecule has 1 aliphatic rings. The highest BCUT2D eigenvalue weighted by Crippen LogP contribution is 2.21. The molecule has 4 rings (SSSR count). The summed E-state index contributed by atoms with van der Waals surface area (Å²) in [5.74, 6) is 0.773. The molecule has 1 saturated heterocycles. The highest BCUT2D eigenvalue weighted by atomic mass is 32.1. The molecule has 0 bridgehead atoms. The lowest BCUT2D eigenvalue weighted by Gasteiger charge is -2.35. The predicted octanol–water partition coefficient (Wildman–Crippen LogP) is 3.30. The SMILES string of the molecule is O=[N+]([O-])c1ccc(N2CCN(Cn3[nH]c(-c4ccccc4)nc3=S)CC2)cc1. The lowest BCUT2D eigenvalue weighted by atomic mass is 10.2. The first-order valence-corrected chi connectivity index (χ1v) is 9.45. The Bertz CT molecular complexity index is 1010. The molecule has 0 aliphatic carbocycles. The Balaban J connectivity index is 1.38. The van der Waals surface area contributed by atoms with E-state index in [4.69, 9.17) is 12.2 Å². The zero-order chi connectivity index (χ0) is 19.5. The molecule has 0 radical (unpaired) electrons. The van der Waals surface area contributed by atoms with Gasteiger partial charge in [-0.25, -0.2) is 4.68 Å². The summed E-state index contributed by atoms with van der Waals surface area (Å²) in [5, 5.41) is 14.1. The molecule has 1 fully saturated rings. The first kappa shape index (κ1) is 18.3. The number of hydrogen-bond donors (Lipinski definition) is 1. The van der Waals surface area contributed by atoms with Crippen LogP contribution >= 0.6 is 12.2 Å². The second kappa shape index (κ2) is 7.91. The van der Waals surface area contributed by atoms with Crippen molar-refractivity contribution < 1.29 is 4.92 Å². The molecule has 0 spiro atoms. The van der Waals surface area contributed by atoms with Gasteiger partial charge in [0, 0.05) is 49.6 Å². The highest BCUT2D eigenvalue weighted by molar-refractivity contribution is 7.71.